The second-order valence-electron chi connectivity index (χ2n) is 7.13. The summed E-state index contributed by atoms with van der Waals surface area (Å²) in [6.45, 7) is 0. The van der Waals surface area contributed by atoms with Gasteiger partial charge in [-0.25, -0.2) is 5.43 Å². The minimum Gasteiger partial charge on any atom is -0.493 e. The molecule has 8 heteroatoms. The van der Waals surface area contributed by atoms with Crippen molar-refractivity contribution in [3.8, 4) is 28.7 Å². The Balaban J connectivity index is 1.55. The van der Waals surface area contributed by atoms with E-state index in [0.717, 1.165) is 5.56 Å². The lowest BCUT2D eigenvalue weighted by Crippen LogP contribution is -2.44. The average Bonchev–Trinajstić information content (AvgIpc) is 2.87. The van der Waals surface area contributed by atoms with Crippen molar-refractivity contribution in [2.75, 3.05) is 21.3 Å². The molecule has 2 atom stereocenters. The minimum absolute atomic E-state index is 0.443. The van der Waals surface area contributed by atoms with Crippen molar-refractivity contribution < 1.29 is 28.5 Å². The summed E-state index contributed by atoms with van der Waals surface area (Å²) in [7, 11) is 4.59. The second kappa shape index (κ2) is 9.95. The number of benzene rings is 3. The Morgan fingerprint density at radius 1 is 0.879 bits per heavy atom. The third-order valence-electron chi connectivity index (χ3n) is 5.09. The van der Waals surface area contributed by atoms with Crippen LogP contribution in [0.15, 0.2) is 71.8 Å². The lowest BCUT2D eigenvalue weighted by molar-refractivity contribution is -0.134. The number of hydrogen-bond acceptors (Lipinski definition) is 7. The first-order valence-corrected chi connectivity index (χ1v) is 10.2. The van der Waals surface area contributed by atoms with E-state index in [1.807, 2.05) is 48.5 Å². The number of fused-ring (bicyclic) bond motifs is 1. The number of amides is 1. The van der Waals surface area contributed by atoms with Crippen LogP contribution >= 0.6 is 0 Å². The molecule has 2 unspecified atom stereocenters. The van der Waals surface area contributed by atoms with Crippen LogP contribution in [0.25, 0.3) is 0 Å². The van der Waals surface area contributed by atoms with Crippen LogP contribution in [0.2, 0.25) is 0 Å². The van der Waals surface area contributed by atoms with E-state index in [4.69, 9.17) is 23.7 Å². The second-order valence-corrected chi connectivity index (χ2v) is 7.13. The van der Waals surface area contributed by atoms with Gasteiger partial charge < -0.3 is 23.7 Å². The number of carbonyl (C=O) groups excluding carboxylic acids is 1. The van der Waals surface area contributed by atoms with E-state index >= 15 is 0 Å². The van der Waals surface area contributed by atoms with Crippen LogP contribution in [0.3, 0.4) is 0 Å². The Hall–Kier alpha value is -4.20. The third-order valence-corrected chi connectivity index (χ3v) is 5.09. The molecule has 0 aromatic heterocycles. The van der Waals surface area contributed by atoms with Crippen LogP contribution in [-0.2, 0) is 4.79 Å². The highest BCUT2D eigenvalue weighted by molar-refractivity contribution is 5.86. The van der Waals surface area contributed by atoms with Crippen LogP contribution in [-0.4, -0.2) is 39.6 Å². The molecule has 8 nitrogen and oxygen atoms in total. The van der Waals surface area contributed by atoms with Gasteiger partial charge in [-0.3, -0.25) is 4.79 Å². The van der Waals surface area contributed by atoms with Gasteiger partial charge in [0.2, 0.25) is 11.9 Å². The van der Waals surface area contributed by atoms with E-state index in [0.29, 0.717) is 34.3 Å². The Bertz CT molecular complexity index is 1120. The molecule has 0 spiro atoms. The van der Waals surface area contributed by atoms with Gasteiger partial charge in [0.15, 0.2) is 29.1 Å². The molecule has 0 bridgehead atoms. The molecule has 33 heavy (non-hydrogen) atoms. The van der Waals surface area contributed by atoms with Crippen LogP contribution in [0.1, 0.15) is 17.2 Å². The summed E-state index contributed by atoms with van der Waals surface area (Å²) in [4.78, 5) is 13.0. The van der Waals surface area contributed by atoms with Gasteiger partial charge in [-0.2, -0.15) is 5.10 Å². The minimum atomic E-state index is -0.931. The van der Waals surface area contributed by atoms with Crippen molar-refractivity contribution in [1.29, 1.82) is 0 Å². The summed E-state index contributed by atoms with van der Waals surface area (Å²) in [5.74, 6) is 2.07. The fourth-order valence-electron chi connectivity index (χ4n) is 3.53. The molecule has 0 saturated carbocycles. The van der Waals surface area contributed by atoms with E-state index in [9.17, 15) is 4.79 Å². The van der Waals surface area contributed by atoms with E-state index in [1.54, 1.807) is 18.2 Å². The Morgan fingerprint density at radius 2 is 1.48 bits per heavy atom. The Morgan fingerprint density at radius 3 is 2.09 bits per heavy atom. The predicted octanol–water partition coefficient (Wildman–Crippen LogP) is 3.74. The molecule has 3 aromatic carbocycles. The van der Waals surface area contributed by atoms with Gasteiger partial charge in [0.25, 0.3) is 5.91 Å². The molecule has 170 valence electrons. The number of carbonyl (C=O) groups is 1. The van der Waals surface area contributed by atoms with Crippen LogP contribution in [0, 0.1) is 0 Å². The molecule has 0 fully saturated rings. The molecular formula is C25H24N2O6. The van der Waals surface area contributed by atoms with E-state index in [2.05, 4.69) is 10.5 Å². The number of methoxy groups -OCH3 is 3. The predicted molar refractivity (Wildman–Crippen MR) is 123 cm³/mol. The first-order chi connectivity index (χ1) is 16.1. The van der Waals surface area contributed by atoms with Gasteiger partial charge in [-0.1, -0.05) is 42.5 Å². The highest BCUT2D eigenvalue weighted by atomic mass is 16.6. The van der Waals surface area contributed by atoms with Crippen molar-refractivity contribution in [2.24, 2.45) is 5.10 Å². The van der Waals surface area contributed by atoms with E-state index in [-0.39, 0.29) is 0 Å². The molecule has 0 saturated heterocycles. The maximum absolute atomic E-state index is 13.0. The van der Waals surface area contributed by atoms with Crippen molar-refractivity contribution in [1.82, 2.24) is 5.43 Å². The largest absolute Gasteiger partial charge is 0.493 e. The smallest absolute Gasteiger partial charge is 0.285 e. The van der Waals surface area contributed by atoms with Gasteiger partial charge in [0, 0.05) is 5.56 Å². The summed E-state index contributed by atoms with van der Waals surface area (Å²) in [6.07, 6.45) is -0.0748. The molecule has 1 N–H and O–H groups in total. The molecule has 0 radical (unpaired) electrons. The zero-order chi connectivity index (χ0) is 23.2. The van der Waals surface area contributed by atoms with E-state index < -0.39 is 18.1 Å². The molecule has 1 aliphatic rings. The normalized spacial score (nSPS) is 16.8. The van der Waals surface area contributed by atoms with Crippen molar-refractivity contribution in [2.45, 2.75) is 12.2 Å². The SMILES string of the molecule is COc1cc(/C=N/NC(=O)C2Oc3ccccc3OC2c2ccccc2)cc(OC)c1OC. The first-order valence-electron chi connectivity index (χ1n) is 10.2. The fourth-order valence-corrected chi connectivity index (χ4v) is 3.53. The number of hydrazone groups is 1. The van der Waals surface area contributed by atoms with Crippen LogP contribution < -0.4 is 29.1 Å². The molecule has 0 aliphatic carbocycles. The lowest BCUT2D eigenvalue weighted by Gasteiger charge is -2.32. The highest BCUT2D eigenvalue weighted by Gasteiger charge is 2.38. The number of nitrogens with zero attached hydrogens (tertiary/aromatic N) is 1. The standard InChI is InChI=1S/C25H24N2O6/c1-29-20-13-16(14-21(30-2)23(20)31-3)15-26-27-25(28)24-22(17-9-5-4-6-10-17)32-18-11-7-8-12-19(18)33-24/h4-15,22,24H,1-3H3,(H,27,28)/b26-15+. The van der Waals surface area contributed by atoms with E-state index in [1.165, 1.54) is 27.5 Å². The van der Waals surface area contributed by atoms with Crippen molar-refractivity contribution >= 4 is 12.1 Å². The van der Waals surface area contributed by atoms with Gasteiger partial charge in [-0.15, -0.1) is 0 Å². The van der Waals surface area contributed by atoms with Crippen molar-refractivity contribution in [3.63, 3.8) is 0 Å². The molecule has 4 rings (SSSR count). The number of para-hydroxylation sites is 2. The first kappa shape index (κ1) is 22.0. The monoisotopic (exact) mass is 448 g/mol. The number of rotatable bonds is 7. The molecule has 1 amide bonds. The molecular weight excluding hydrogens is 424 g/mol. The van der Waals surface area contributed by atoms with Crippen molar-refractivity contribution in [3.05, 3.63) is 77.9 Å². The summed E-state index contributed by atoms with van der Waals surface area (Å²) >= 11 is 0. The molecule has 1 heterocycles. The van der Waals surface area contributed by atoms with Gasteiger partial charge in [-0.05, 0) is 29.8 Å². The summed E-state index contributed by atoms with van der Waals surface area (Å²) in [6, 6.07) is 20.1. The van der Waals surface area contributed by atoms with Gasteiger partial charge >= 0.3 is 0 Å². The summed E-state index contributed by atoms with van der Waals surface area (Å²) in [5, 5.41) is 4.10. The van der Waals surface area contributed by atoms with Crippen LogP contribution in [0.4, 0.5) is 0 Å². The van der Waals surface area contributed by atoms with Gasteiger partial charge in [0.1, 0.15) is 0 Å². The zero-order valence-corrected chi connectivity index (χ0v) is 18.5. The Kier molecular flexibility index (Phi) is 6.64. The number of hydrogen-bond donors (Lipinski definition) is 1. The molecule has 1 aliphatic heterocycles. The topological polar surface area (TPSA) is 87.6 Å². The summed E-state index contributed by atoms with van der Waals surface area (Å²) < 4.78 is 28.1. The zero-order valence-electron chi connectivity index (χ0n) is 18.5. The Labute approximate surface area is 191 Å². The quantitative estimate of drug-likeness (QED) is 0.438. The fraction of sp³-hybridized carbons (Fsp3) is 0.200. The lowest BCUT2D eigenvalue weighted by atomic mass is 10.0. The maximum atomic E-state index is 13.0. The average molecular weight is 448 g/mol. The summed E-state index contributed by atoms with van der Waals surface area (Å²) in [5.41, 5.74) is 4.02. The van der Waals surface area contributed by atoms with Crippen LogP contribution in [0.5, 0.6) is 28.7 Å². The number of ether oxygens (including phenoxy) is 5. The molecule has 3 aromatic rings. The van der Waals surface area contributed by atoms with Gasteiger partial charge in [0.05, 0.1) is 27.5 Å². The third kappa shape index (κ3) is 4.69. The number of nitrogens with one attached hydrogen (secondary N) is 1. The highest BCUT2D eigenvalue weighted by Crippen LogP contribution is 2.39. The maximum Gasteiger partial charge on any atom is 0.285 e.